The predicted octanol–water partition coefficient (Wildman–Crippen LogP) is 0.951. The molecule has 0 radical (unpaired) electrons. The Balaban J connectivity index is 1.94. The molecule has 0 aromatic rings. The average molecular weight is 621 g/mol. The van der Waals surface area contributed by atoms with Crippen LogP contribution in [0.15, 0.2) is 0 Å². The standard InChI is InChI=1S/C28H48N2O13/c1-14(13-30-28(29)37)25(36)43-21-12-22(27(41-18(21)5)39-16(3)9-10-23(33)34)42-24(35)8-6-7-15(2)38-26-20(32)11-19(31)17(4)40-26/h14-22,26-27,31-32H,6-13H2,1-5H3,(H,33,34)(H3,29,30,37)/t14-,15-,16-,17?,18?,19-,20+,21-,22+,26-,27-/m1/s1. The summed E-state index contributed by atoms with van der Waals surface area (Å²) in [5.41, 5.74) is 5.06. The monoisotopic (exact) mass is 620 g/mol. The number of nitrogens with one attached hydrogen (secondary N) is 1. The minimum absolute atomic E-state index is 0.0175. The number of hydrogen-bond donors (Lipinski definition) is 5. The molecule has 0 aromatic heterocycles. The Bertz CT molecular complexity index is 921. The molecule has 11 atom stereocenters. The summed E-state index contributed by atoms with van der Waals surface area (Å²) >= 11 is 0. The van der Waals surface area contributed by atoms with Crippen LogP contribution in [-0.4, -0.2) is 107 Å². The lowest BCUT2D eigenvalue weighted by Crippen LogP contribution is -2.51. The molecule has 0 saturated carbocycles. The fourth-order valence-corrected chi connectivity index (χ4v) is 4.64. The van der Waals surface area contributed by atoms with Gasteiger partial charge in [-0.1, -0.05) is 6.92 Å². The summed E-state index contributed by atoms with van der Waals surface area (Å²) < 4.78 is 34.4. The fraction of sp³-hybridized carbons (Fsp3) is 0.857. The predicted molar refractivity (Wildman–Crippen MR) is 148 cm³/mol. The zero-order chi connectivity index (χ0) is 32.3. The quantitative estimate of drug-likeness (QED) is 0.152. The Morgan fingerprint density at radius 2 is 1.49 bits per heavy atom. The molecule has 248 valence electrons. The summed E-state index contributed by atoms with van der Waals surface area (Å²) in [5.74, 6) is -2.81. The van der Waals surface area contributed by atoms with E-state index in [2.05, 4.69) is 5.32 Å². The van der Waals surface area contributed by atoms with Crippen LogP contribution in [0, 0.1) is 5.92 Å². The third kappa shape index (κ3) is 12.9. The lowest BCUT2D eigenvalue weighted by atomic mass is 10.0. The van der Waals surface area contributed by atoms with Gasteiger partial charge in [0.2, 0.25) is 0 Å². The highest BCUT2D eigenvalue weighted by Gasteiger charge is 2.42. The molecule has 2 rings (SSSR count). The van der Waals surface area contributed by atoms with Gasteiger partial charge in [0.1, 0.15) is 12.2 Å². The van der Waals surface area contributed by atoms with Gasteiger partial charge in [0.25, 0.3) is 0 Å². The third-order valence-electron chi connectivity index (χ3n) is 7.35. The van der Waals surface area contributed by atoms with Crippen molar-refractivity contribution in [3.63, 3.8) is 0 Å². The van der Waals surface area contributed by atoms with Gasteiger partial charge >= 0.3 is 23.9 Å². The molecule has 0 bridgehead atoms. The van der Waals surface area contributed by atoms with Crippen LogP contribution in [0.5, 0.6) is 0 Å². The number of urea groups is 1. The van der Waals surface area contributed by atoms with E-state index in [9.17, 15) is 29.4 Å². The number of carbonyl (C=O) groups is 4. The molecule has 2 saturated heterocycles. The highest BCUT2D eigenvalue weighted by atomic mass is 16.7. The van der Waals surface area contributed by atoms with Crippen molar-refractivity contribution in [2.75, 3.05) is 6.54 Å². The molecule has 2 unspecified atom stereocenters. The van der Waals surface area contributed by atoms with Gasteiger partial charge < -0.3 is 54.8 Å². The van der Waals surface area contributed by atoms with Crippen molar-refractivity contribution in [2.45, 2.75) is 141 Å². The Morgan fingerprint density at radius 3 is 2.14 bits per heavy atom. The van der Waals surface area contributed by atoms with E-state index in [1.807, 2.05) is 0 Å². The van der Waals surface area contributed by atoms with Crippen molar-refractivity contribution in [1.29, 1.82) is 0 Å². The lowest BCUT2D eigenvalue weighted by molar-refractivity contribution is -0.281. The molecule has 0 spiro atoms. The number of rotatable bonds is 16. The van der Waals surface area contributed by atoms with Crippen LogP contribution in [0.1, 0.15) is 79.6 Å². The van der Waals surface area contributed by atoms with Crippen molar-refractivity contribution < 1.29 is 62.9 Å². The third-order valence-corrected chi connectivity index (χ3v) is 7.35. The van der Waals surface area contributed by atoms with Crippen LogP contribution in [0.2, 0.25) is 0 Å². The highest BCUT2D eigenvalue weighted by Crippen LogP contribution is 2.29. The number of carboxylic acids is 1. The molecule has 2 fully saturated rings. The minimum atomic E-state index is -1.02. The van der Waals surface area contributed by atoms with Gasteiger partial charge in [-0.25, -0.2) is 4.79 Å². The summed E-state index contributed by atoms with van der Waals surface area (Å²) in [5, 5.41) is 31.3. The number of primary amides is 1. The van der Waals surface area contributed by atoms with Gasteiger partial charge in [-0.3, -0.25) is 14.4 Å². The number of aliphatic carboxylic acids is 1. The van der Waals surface area contributed by atoms with Gasteiger partial charge in [0.15, 0.2) is 18.7 Å². The number of nitrogens with two attached hydrogens (primary N) is 1. The smallest absolute Gasteiger partial charge is 0.312 e. The Morgan fingerprint density at radius 1 is 0.860 bits per heavy atom. The molecule has 2 heterocycles. The van der Waals surface area contributed by atoms with Crippen LogP contribution in [-0.2, 0) is 42.8 Å². The summed E-state index contributed by atoms with van der Waals surface area (Å²) in [4.78, 5) is 47.4. The summed E-state index contributed by atoms with van der Waals surface area (Å²) in [6.45, 7) is 8.39. The van der Waals surface area contributed by atoms with Gasteiger partial charge in [0.05, 0.1) is 36.4 Å². The van der Waals surface area contributed by atoms with Crippen LogP contribution in [0.3, 0.4) is 0 Å². The highest BCUT2D eigenvalue weighted by molar-refractivity contribution is 5.75. The van der Waals surface area contributed by atoms with Crippen molar-refractivity contribution >= 4 is 23.9 Å². The van der Waals surface area contributed by atoms with E-state index < -0.39 is 85.2 Å². The first-order valence-electron chi connectivity index (χ1n) is 14.8. The van der Waals surface area contributed by atoms with E-state index in [0.29, 0.717) is 12.8 Å². The molecule has 15 nitrogen and oxygen atoms in total. The van der Waals surface area contributed by atoms with Crippen LogP contribution in [0.4, 0.5) is 4.79 Å². The van der Waals surface area contributed by atoms with E-state index in [1.54, 1.807) is 34.6 Å². The Hall–Kier alpha value is -2.56. The van der Waals surface area contributed by atoms with E-state index in [1.165, 1.54) is 0 Å². The van der Waals surface area contributed by atoms with Crippen LogP contribution < -0.4 is 11.1 Å². The molecule has 0 aliphatic carbocycles. The van der Waals surface area contributed by atoms with E-state index in [4.69, 9.17) is 39.3 Å². The zero-order valence-corrected chi connectivity index (χ0v) is 25.5. The molecule has 43 heavy (non-hydrogen) atoms. The first-order valence-corrected chi connectivity index (χ1v) is 14.8. The molecular formula is C28H48N2O13. The van der Waals surface area contributed by atoms with Gasteiger partial charge in [-0.05, 0) is 47.0 Å². The zero-order valence-electron chi connectivity index (χ0n) is 25.5. The molecule has 2 amide bonds. The number of hydrogen-bond acceptors (Lipinski definition) is 12. The Kier molecular flexibility index (Phi) is 15.0. The van der Waals surface area contributed by atoms with Gasteiger partial charge in [-0.2, -0.15) is 0 Å². The van der Waals surface area contributed by atoms with Crippen LogP contribution >= 0.6 is 0 Å². The summed E-state index contributed by atoms with van der Waals surface area (Å²) in [6, 6.07) is -0.770. The van der Waals surface area contributed by atoms with Crippen molar-refractivity contribution in [3.8, 4) is 0 Å². The molecule has 2 aliphatic heterocycles. The van der Waals surface area contributed by atoms with Crippen LogP contribution in [0.25, 0.3) is 0 Å². The molecule has 2 aliphatic rings. The van der Waals surface area contributed by atoms with Gasteiger partial charge in [-0.15, -0.1) is 0 Å². The maximum atomic E-state index is 12.8. The number of esters is 2. The molecule has 6 N–H and O–H groups in total. The minimum Gasteiger partial charge on any atom is -0.481 e. The summed E-state index contributed by atoms with van der Waals surface area (Å²) in [6.07, 6.45) is -6.15. The molecule has 0 aromatic carbocycles. The Labute approximate surface area is 251 Å². The van der Waals surface area contributed by atoms with Crippen molar-refractivity contribution in [1.82, 2.24) is 5.32 Å². The number of ether oxygens (including phenoxy) is 6. The van der Waals surface area contributed by atoms with E-state index >= 15 is 0 Å². The molecule has 15 heteroatoms. The number of aliphatic hydroxyl groups is 2. The largest absolute Gasteiger partial charge is 0.481 e. The maximum absolute atomic E-state index is 12.8. The number of carboxylic acid groups (broad SMARTS) is 1. The SMILES string of the molecule is CC1O[C@@H](O[C@H](C)CCCC(=O)O[C@H]2C[C@@H](OC(=O)[C@H](C)CNC(N)=O)C(C)O[C@H]2O[C@H](C)CCC(=O)O)[C@@H](O)C[C@H]1O. The first-order chi connectivity index (χ1) is 20.2. The fourth-order valence-electron chi connectivity index (χ4n) is 4.64. The van der Waals surface area contributed by atoms with E-state index in [-0.39, 0.29) is 44.8 Å². The normalized spacial score (nSPS) is 31.3. The topological polar surface area (TPSA) is 222 Å². The first kappa shape index (κ1) is 36.6. The second-order valence-corrected chi connectivity index (χ2v) is 11.4. The summed E-state index contributed by atoms with van der Waals surface area (Å²) in [7, 11) is 0. The lowest BCUT2D eigenvalue weighted by Gasteiger charge is -2.40. The van der Waals surface area contributed by atoms with Gasteiger partial charge in [0, 0.05) is 32.2 Å². The van der Waals surface area contributed by atoms with E-state index in [0.717, 1.165) is 0 Å². The average Bonchev–Trinajstić information content (AvgIpc) is 2.91. The van der Waals surface area contributed by atoms with Crippen molar-refractivity contribution in [3.05, 3.63) is 0 Å². The molecular weight excluding hydrogens is 572 g/mol. The second-order valence-electron chi connectivity index (χ2n) is 11.4. The number of carbonyl (C=O) groups excluding carboxylic acids is 3. The number of amides is 2. The number of aliphatic hydroxyl groups excluding tert-OH is 2. The van der Waals surface area contributed by atoms with Crippen molar-refractivity contribution in [2.24, 2.45) is 11.7 Å². The second kappa shape index (κ2) is 17.7. The maximum Gasteiger partial charge on any atom is 0.312 e.